The van der Waals surface area contributed by atoms with E-state index in [1.807, 2.05) is 0 Å². The smallest absolute Gasteiger partial charge is 0.342 e. The molecule has 8 heteroatoms. The van der Waals surface area contributed by atoms with Gasteiger partial charge in [0.25, 0.3) is 0 Å². The monoisotopic (exact) mass is 216 g/mol. The molecule has 0 aliphatic heterocycles. The van der Waals surface area contributed by atoms with Crippen LogP contribution in [0.3, 0.4) is 0 Å². The highest BCUT2D eigenvalue weighted by Crippen LogP contribution is 2.26. The van der Waals surface area contributed by atoms with Crippen molar-refractivity contribution in [3.8, 4) is 11.5 Å². The fraction of sp³-hybridized carbons (Fsp3) is 0.143. The van der Waals surface area contributed by atoms with Gasteiger partial charge in [0.2, 0.25) is 18.0 Å². The van der Waals surface area contributed by atoms with Crippen molar-refractivity contribution in [3.05, 3.63) is 24.5 Å². The number of aromatic nitrogens is 4. The Kier molecular flexibility index (Phi) is 2.10. The van der Waals surface area contributed by atoms with E-state index in [9.17, 15) is 13.2 Å². The van der Waals surface area contributed by atoms with Gasteiger partial charge < -0.3 is 4.52 Å². The lowest BCUT2D eigenvalue weighted by Crippen LogP contribution is -2.11. The Morgan fingerprint density at radius 1 is 1.20 bits per heavy atom. The van der Waals surface area contributed by atoms with E-state index >= 15 is 0 Å². The Morgan fingerprint density at radius 3 is 2.60 bits per heavy atom. The maximum Gasteiger partial charge on any atom is 0.451 e. The number of alkyl halides is 3. The van der Waals surface area contributed by atoms with Crippen LogP contribution in [0, 0.1) is 0 Å². The van der Waals surface area contributed by atoms with E-state index in [1.165, 1.54) is 6.07 Å². The second-order valence-corrected chi connectivity index (χ2v) is 2.52. The molecule has 0 fully saturated rings. The Bertz CT molecular complexity index is 454. The lowest BCUT2D eigenvalue weighted by molar-refractivity contribution is -0.144. The summed E-state index contributed by atoms with van der Waals surface area (Å²) in [6.07, 6.45) is -2.59. The van der Waals surface area contributed by atoms with E-state index in [4.69, 9.17) is 0 Å². The van der Waals surface area contributed by atoms with Crippen LogP contribution in [0.2, 0.25) is 0 Å². The van der Waals surface area contributed by atoms with E-state index in [2.05, 4.69) is 24.6 Å². The fourth-order valence-corrected chi connectivity index (χ4v) is 0.903. The maximum atomic E-state index is 12.2. The van der Waals surface area contributed by atoms with Gasteiger partial charge in [0.15, 0.2) is 0 Å². The molecule has 0 aromatic carbocycles. The van der Waals surface area contributed by atoms with Crippen molar-refractivity contribution in [2.75, 3.05) is 0 Å². The Morgan fingerprint density at radius 2 is 2.00 bits per heavy atom. The molecular weight excluding hydrogens is 213 g/mol. The molecule has 0 aliphatic carbocycles. The van der Waals surface area contributed by atoms with E-state index in [0.29, 0.717) is 0 Å². The maximum absolute atomic E-state index is 12.2. The molecule has 0 saturated carbocycles. The first kappa shape index (κ1) is 9.56. The van der Waals surface area contributed by atoms with Gasteiger partial charge >= 0.3 is 6.18 Å². The molecule has 15 heavy (non-hydrogen) atoms. The normalized spacial score (nSPS) is 11.7. The zero-order valence-corrected chi connectivity index (χ0v) is 7.06. The first-order valence-corrected chi connectivity index (χ1v) is 3.74. The zero-order chi connectivity index (χ0) is 10.9. The van der Waals surface area contributed by atoms with Crippen LogP contribution in [0.15, 0.2) is 23.2 Å². The minimum absolute atomic E-state index is 0.0112. The second-order valence-electron chi connectivity index (χ2n) is 2.52. The molecule has 0 radical (unpaired) electrons. The molecule has 2 heterocycles. The molecule has 2 rings (SSSR count). The van der Waals surface area contributed by atoms with Crippen molar-refractivity contribution >= 4 is 0 Å². The summed E-state index contributed by atoms with van der Waals surface area (Å²) < 4.78 is 41.1. The van der Waals surface area contributed by atoms with E-state index in [-0.39, 0.29) is 11.5 Å². The highest BCUT2D eigenvalue weighted by atomic mass is 19.4. The van der Waals surface area contributed by atoms with Crippen molar-refractivity contribution in [2.24, 2.45) is 0 Å². The highest BCUT2D eigenvalue weighted by molar-refractivity contribution is 5.46. The zero-order valence-electron chi connectivity index (χ0n) is 7.06. The first-order chi connectivity index (χ1) is 7.07. The molecule has 5 nitrogen and oxygen atoms in total. The van der Waals surface area contributed by atoms with Crippen LogP contribution in [0.5, 0.6) is 0 Å². The predicted octanol–water partition coefficient (Wildman–Crippen LogP) is 1.55. The number of nitrogens with zero attached hydrogens (tertiary/aromatic N) is 4. The quantitative estimate of drug-likeness (QED) is 0.723. The lowest BCUT2D eigenvalue weighted by Gasteiger charge is -2.03. The summed E-state index contributed by atoms with van der Waals surface area (Å²) in [4.78, 5) is 9.94. The summed E-state index contributed by atoms with van der Waals surface area (Å²) in [5, 5.41) is 3.37. The summed E-state index contributed by atoms with van der Waals surface area (Å²) in [6.45, 7) is 0. The lowest BCUT2D eigenvalue weighted by atomic mass is 10.4. The van der Waals surface area contributed by atoms with Crippen molar-refractivity contribution in [1.82, 2.24) is 20.1 Å². The van der Waals surface area contributed by atoms with Gasteiger partial charge in [0.05, 0.1) is 0 Å². The minimum atomic E-state index is -4.58. The molecule has 0 amide bonds. The van der Waals surface area contributed by atoms with Crippen LogP contribution in [0.25, 0.3) is 11.5 Å². The molecule has 0 spiro atoms. The van der Waals surface area contributed by atoms with Gasteiger partial charge in [-0.2, -0.15) is 18.2 Å². The first-order valence-electron chi connectivity index (χ1n) is 3.74. The molecule has 0 unspecified atom stereocenters. The average Bonchev–Trinajstić information content (AvgIpc) is 2.69. The molecule has 2 aromatic rings. The van der Waals surface area contributed by atoms with E-state index in [1.54, 1.807) is 0 Å². The summed E-state index contributed by atoms with van der Waals surface area (Å²) >= 11 is 0. The largest absolute Gasteiger partial charge is 0.451 e. The standard InChI is InChI=1S/C7H3F3N4O/c8-7(9,10)6-11-2-1-4(13-6)5-12-3-15-14-5/h1-3H. The molecule has 0 bridgehead atoms. The van der Waals surface area contributed by atoms with E-state index < -0.39 is 12.0 Å². The van der Waals surface area contributed by atoms with Gasteiger partial charge in [-0.1, -0.05) is 5.16 Å². The molecule has 0 N–H and O–H groups in total. The molecular formula is C7H3F3N4O. The van der Waals surface area contributed by atoms with Crippen molar-refractivity contribution < 1.29 is 17.7 Å². The van der Waals surface area contributed by atoms with Crippen molar-refractivity contribution in [3.63, 3.8) is 0 Å². The van der Waals surface area contributed by atoms with Gasteiger partial charge in [0, 0.05) is 6.20 Å². The molecule has 0 saturated heterocycles. The number of hydrogen-bond acceptors (Lipinski definition) is 5. The summed E-state index contributed by atoms with van der Waals surface area (Å²) in [6, 6.07) is 1.26. The van der Waals surface area contributed by atoms with Gasteiger partial charge in [-0.3, -0.25) is 0 Å². The van der Waals surface area contributed by atoms with Crippen LogP contribution in [-0.2, 0) is 6.18 Å². The van der Waals surface area contributed by atoms with Crippen LogP contribution >= 0.6 is 0 Å². The third-order valence-corrected chi connectivity index (χ3v) is 1.50. The number of rotatable bonds is 1. The summed E-state index contributed by atoms with van der Waals surface area (Å²) in [7, 11) is 0. The second kappa shape index (κ2) is 3.30. The van der Waals surface area contributed by atoms with Crippen LogP contribution < -0.4 is 0 Å². The highest BCUT2D eigenvalue weighted by Gasteiger charge is 2.34. The average molecular weight is 216 g/mol. The molecule has 78 valence electrons. The number of hydrogen-bond donors (Lipinski definition) is 0. The predicted molar refractivity (Wildman–Crippen MR) is 40.3 cm³/mol. The SMILES string of the molecule is FC(F)(F)c1nccc(-c2ncon2)n1. The molecule has 0 atom stereocenters. The van der Waals surface area contributed by atoms with Crippen LogP contribution in [0.1, 0.15) is 5.82 Å². The number of halogens is 3. The Balaban J connectivity index is 2.44. The minimum Gasteiger partial charge on any atom is -0.342 e. The summed E-state index contributed by atoms with van der Waals surface area (Å²) in [5.74, 6) is -1.24. The van der Waals surface area contributed by atoms with E-state index in [0.717, 1.165) is 12.6 Å². The summed E-state index contributed by atoms with van der Waals surface area (Å²) in [5.41, 5.74) is -0.0360. The van der Waals surface area contributed by atoms with Gasteiger partial charge in [-0.15, -0.1) is 0 Å². The third-order valence-electron chi connectivity index (χ3n) is 1.50. The van der Waals surface area contributed by atoms with Crippen molar-refractivity contribution in [1.29, 1.82) is 0 Å². The van der Waals surface area contributed by atoms with Crippen molar-refractivity contribution in [2.45, 2.75) is 6.18 Å². The molecule has 0 aliphatic rings. The van der Waals surface area contributed by atoms with Crippen LogP contribution in [-0.4, -0.2) is 20.1 Å². The van der Waals surface area contributed by atoms with Crippen LogP contribution in [0.4, 0.5) is 13.2 Å². The topological polar surface area (TPSA) is 64.7 Å². The fourth-order valence-electron chi connectivity index (χ4n) is 0.903. The van der Waals surface area contributed by atoms with Gasteiger partial charge in [-0.25, -0.2) is 9.97 Å². The Labute approximate surface area is 81.0 Å². The third kappa shape index (κ3) is 1.92. The van der Waals surface area contributed by atoms with Gasteiger partial charge in [0.1, 0.15) is 5.69 Å². The molecule has 2 aromatic heterocycles. The van der Waals surface area contributed by atoms with Gasteiger partial charge in [-0.05, 0) is 6.07 Å². The Hall–Kier alpha value is -1.99.